The van der Waals surface area contributed by atoms with Crippen molar-refractivity contribution in [1.29, 1.82) is 0 Å². The van der Waals surface area contributed by atoms with E-state index >= 15 is 0 Å². The molecule has 2 aromatic heterocycles. The molecule has 0 aromatic carbocycles. The van der Waals surface area contributed by atoms with Crippen LogP contribution >= 0.6 is 23.1 Å². The Morgan fingerprint density at radius 3 is 2.95 bits per heavy atom. The van der Waals surface area contributed by atoms with Crippen molar-refractivity contribution in [3.8, 4) is 0 Å². The zero-order chi connectivity index (χ0) is 15.1. The standard InChI is InChI=1S/C15H24N4S2/c1-4-8-16-15-18-13(12-7-10-21-14(12)19-15)17-11(3)6-9-20-5-2/h7,10-11H,4-6,8-9H2,1-3H3,(H2,16,17,18,19). The van der Waals surface area contributed by atoms with E-state index in [1.165, 1.54) is 11.5 Å². The van der Waals surface area contributed by atoms with Gasteiger partial charge in [-0.15, -0.1) is 11.3 Å². The maximum absolute atomic E-state index is 4.65. The summed E-state index contributed by atoms with van der Waals surface area (Å²) in [6, 6.07) is 2.51. The van der Waals surface area contributed by atoms with Crippen LogP contribution in [0.2, 0.25) is 0 Å². The van der Waals surface area contributed by atoms with Gasteiger partial charge in [0.25, 0.3) is 0 Å². The summed E-state index contributed by atoms with van der Waals surface area (Å²) < 4.78 is 0. The Morgan fingerprint density at radius 2 is 2.19 bits per heavy atom. The summed E-state index contributed by atoms with van der Waals surface area (Å²) in [5, 5.41) is 10.0. The molecule has 1 atom stereocenters. The van der Waals surface area contributed by atoms with Crippen molar-refractivity contribution in [3.63, 3.8) is 0 Å². The molecule has 0 fully saturated rings. The van der Waals surface area contributed by atoms with Crippen molar-refractivity contribution in [1.82, 2.24) is 9.97 Å². The molecule has 6 heteroatoms. The van der Waals surface area contributed by atoms with Gasteiger partial charge in [0.2, 0.25) is 5.95 Å². The number of nitrogens with one attached hydrogen (secondary N) is 2. The first-order valence-corrected chi connectivity index (χ1v) is 9.61. The lowest BCUT2D eigenvalue weighted by molar-refractivity contribution is 0.767. The van der Waals surface area contributed by atoms with E-state index in [-0.39, 0.29) is 0 Å². The van der Waals surface area contributed by atoms with Crippen molar-refractivity contribution >= 4 is 45.1 Å². The minimum absolute atomic E-state index is 0.418. The molecule has 0 aliphatic rings. The lowest BCUT2D eigenvalue weighted by Crippen LogP contribution is -2.18. The van der Waals surface area contributed by atoms with E-state index in [1.54, 1.807) is 11.3 Å². The number of aromatic nitrogens is 2. The molecule has 0 aliphatic carbocycles. The molecule has 0 saturated heterocycles. The fourth-order valence-corrected chi connectivity index (χ4v) is 3.56. The number of thioether (sulfide) groups is 1. The topological polar surface area (TPSA) is 49.8 Å². The number of fused-ring (bicyclic) bond motifs is 1. The lowest BCUT2D eigenvalue weighted by Gasteiger charge is -2.15. The van der Waals surface area contributed by atoms with Crippen LogP contribution in [-0.4, -0.2) is 34.1 Å². The highest BCUT2D eigenvalue weighted by Gasteiger charge is 2.11. The van der Waals surface area contributed by atoms with Crippen molar-refractivity contribution in [2.45, 2.75) is 39.7 Å². The minimum atomic E-state index is 0.418. The second kappa shape index (κ2) is 8.44. The molecule has 2 N–H and O–H groups in total. The van der Waals surface area contributed by atoms with Crippen LogP contribution in [0.3, 0.4) is 0 Å². The molecule has 0 aliphatic heterocycles. The van der Waals surface area contributed by atoms with E-state index in [0.717, 1.165) is 41.4 Å². The Hall–Kier alpha value is -1.01. The predicted octanol–water partition coefficient (Wildman–Crippen LogP) is 4.46. The highest BCUT2D eigenvalue weighted by atomic mass is 32.2. The fraction of sp³-hybridized carbons (Fsp3) is 0.600. The molecular formula is C15H24N4S2. The average Bonchev–Trinajstić information content (AvgIpc) is 2.94. The number of anilines is 2. The summed E-state index contributed by atoms with van der Waals surface area (Å²) in [5.74, 6) is 4.04. The summed E-state index contributed by atoms with van der Waals surface area (Å²) in [6.45, 7) is 7.46. The Balaban J connectivity index is 2.10. The van der Waals surface area contributed by atoms with Crippen LogP contribution in [0.5, 0.6) is 0 Å². The maximum Gasteiger partial charge on any atom is 0.226 e. The Bertz CT molecular complexity index is 556. The fourth-order valence-electron chi connectivity index (χ4n) is 1.99. The quantitative estimate of drug-likeness (QED) is 0.667. The molecular weight excluding hydrogens is 300 g/mol. The molecule has 116 valence electrons. The van der Waals surface area contributed by atoms with E-state index in [9.17, 15) is 0 Å². The molecule has 21 heavy (non-hydrogen) atoms. The molecule has 0 amide bonds. The van der Waals surface area contributed by atoms with Gasteiger partial charge in [0, 0.05) is 12.6 Å². The van der Waals surface area contributed by atoms with Gasteiger partial charge in [-0.2, -0.15) is 16.7 Å². The summed E-state index contributed by atoms with van der Waals surface area (Å²) in [4.78, 5) is 10.3. The van der Waals surface area contributed by atoms with E-state index < -0.39 is 0 Å². The third kappa shape index (κ3) is 4.74. The highest BCUT2D eigenvalue weighted by molar-refractivity contribution is 7.99. The second-order valence-corrected chi connectivity index (χ2v) is 7.28. The number of hydrogen-bond donors (Lipinski definition) is 2. The molecule has 4 nitrogen and oxygen atoms in total. The van der Waals surface area contributed by atoms with Crippen molar-refractivity contribution in [2.24, 2.45) is 0 Å². The number of rotatable bonds is 9. The number of nitrogens with zero attached hydrogens (tertiary/aromatic N) is 2. The third-order valence-corrected chi connectivity index (χ3v) is 4.88. The van der Waals surface area contributed by atoms with Gasteiger partial charge in [0.15, 0.2) is 0 Å². The maximum atomic E-state index is 4.65. The van der Waals surface area contributed by atoms with Crippen molar-refractivity contribution in [3.05, 3.63) is 11.4 Å². The van der Waals surface area contributed by atoms with Gasteiger partial charge in [-0.3, -0.25) is 0 Å². The van der Waals surface area contributed by atoms with E-state index in [4.69, 9.17) is 0 Å². The third-order valence-electron chi connectivity index (χ3n) is 3.14. The van der Waals surface area contributed by atoms with Crippen LogP contribution in [0.25, 0.3) is 10.2 Å². The van der Waals surface area contributed by atoms with Crippen LogP contribution in [0.15, 0.2) is 11.4 Å². The average molecular weight is 325 g/mol. The van der Waals surface area contributed by atoms with Crippen LogP contribution in [0.1, 0.15) is 33.6 Å². The van der Waals surface area contributed by atoms with Gasteiger partial charge >= 0.3 is 0 Å². The van der Waals surface area contributed by atoms with Crippen LogP contribution in [0.4, 0.5) is 11.8 Å². The monoisotopic (exact) mass is 324 g/mol. The van der Waals surface area contributed by atoms with Gasteiger partial charge < -0.3 is 10.6 Å². The van der Waals surface area contributed by atoms with E-state index in [1.807, 2.05) is 11.8 Å². The summed E-state index contributed by atoms with van der Waals surface area (Å²) >= 11 is 3.65. The molecule has 0 radical (unpaired) electrons. The largest absolute Gasteiger partial charge is 0.367 e. The minimum Gasteiger partial charge on any atom is -0.367 e. The molecule has 2 rings (SSSR count). The Morgan fingerprint density at radius 1 is 1.33 bits per heavy atom. The van der Waals surface area contributed by atoms with Crippen LogP contribution < -0.4 is 10.6 Å². The lowest BCUT2D eigenvalue weighted by atomic mass is 10.2. The van der Waals surface area contributed by atoms with E-state index in [0.29, 0.717) is 6.04 Å². The highest BCUT2D eigenvalue weighted by Crippen LogP contribution is 2.27. The van der Waals surface area contributed by atoms with Gasteiger partial charge in [-0.05, 0) is 42.7 Å². The Labute approximate surface area is 135 Å². The van der Waals surface area contributed by atoms with Crippen molar-refractivity contribution in [2.75, 3.05) is 28.7 Å². The first kappa shape index (κ1) is 16.4. The molecule has 0 bridgehead atoms. The second-order valence-electron chi connectivity index (χ2n) is 4.99. The van der Waals surface area contributed by atoms with Crippen LogP contribution in [-0.2, 0) is 0 Å². The normalized spacial score (nSPS) is 12.5. The molecule has 2 aromatic rings. The summed E-state index contributed by atoms with van der Waals surface area (Å²) in [6.07, 6.45) is 2.21. The molecule has 1 unspecified atom stereocenters. The summed E-state index contributed by atoms with van der Waals surface area (Å²) in [7, 11) is 0. The van der Waals surface area contributed by atoms with Crippen LogP contribution in [0, 0.1) is 0 Å². The zero-order valence-corrected chi connectivity index (χ0v) is 14.6. The molecule has 0 saturated carbocycles. The van der Waals surface area contributed by atoms with Gasteiger partial charge in [-0.25, -0.2) is 4.98 Å². The van der Waals surface area contributed by atoms with Crippen molar-refractivity contribution < 1.29 is 0 Å². The first-order chi connectivity index (χ1) is 10.2. The van der Waals surface area contributed by atoms with Gasteiger partial charge in [-0.1, -0.05) is 13.8 Å². The predicted molar refractivity (Wildman–Crippen MR) is 96.9 cm³/mol. The van der Waals surface area contributed by atoms with Gasteiger partial charge in [0.05, 0.1) is 5.39 Å². The Kier molecular flexibility index (Phi) is 6.57. The molecule has 2 heterocycles. The first-order valence-electron chi connectivity index (χ1n) is 7.58. The smallest absolute Gasteiger partial charge is 0.226 e. The SMILES string of the molecule is CCCNc1nc(NC(C)CCSCC)c2ccsc2n1. The summed E-state index contributed by atoms with van der Waals surface area (Å²) in [5.41, 5.74) is 0. The zero-order valence-electron chi connectivity index (χ0n) is 13.0. The number of hydrogen-bond acceptors (Lipinski definition) is 6. The molecule has 0 spiro atoms. The van der Waals surface area contributed by atoms with E-state index in [2.05, 4.69) is 52.8 Å². The van der Waals surface area contributed by atoms with Gasteiger partial charge in [0.1, 0.15) is 10.6 Å². The number of thiophene rings is 1.